The molecule has 0 unspecified atom stereocenters. The van der Waals surface area contributed by atoms with Gasteiger partial charge in [0.05, 0.1) is 6.07 Å². The third-order valence-corrected chi connectivity index (χ3v) is 7.92. The highest BCUT2D eigenvalue weighted by molar-refractivity contribution is 7.99. The van der Waals surface area contributed by atoms with Gasteiger partial charge in [0.1, 0.15) is 24.4 Å². The van der Waals surface area contributed by atoms with Gasteiger partial charge < -0.3 is 13.7 Å². The lowest BCUT2D eigenvalue weighted by Gasteiger charge is -2.22. The van der Waals surface area contributed by atoms with E-state index in [1.807, 2.05) is 18.2 Å². The highest BCUT2D eigenvalue weighted by Crippen LogP contribution is 2.44. The molecule has 1 aliphatic carbocycles. The van der Waals surface area contributed by atoms with Crippen LogP contribution in [0.3, 0.4) is 0 Å². The lowest BCUT2D eigenvalue weighted by molar-refractivity contribution is 0.466. The highest BCUT2D eigenvalue weighted by atomic mass is 32.2. The Balaban J connectivity index is 1.80. The van der Waals surface area contributed by atoms with Gasteiger partial charge in [-0.15, -0.1) is 16.8 Å². The van der Waals surface area contributed by atoms with E-state index >= 15 is 0 Å². The molecule has 2 aliphatic rings. The molecule has 0 spiro atoms. The number of fused-ring (bicyclic) bond motifs is 2. The van der Waals surface area contributed by atoms with Gasteiger partial charge in [-0.25, -0.2) is 4.58 Å². The fraction of sp³-hybridized carbons (Fsp3) is 0.281. The fourth-order valence-electron chi connectivity index (χ4n) is 5.12. The third-order valence-electron chi connectivity index (χ3n) is 7.10. The normalized spacial score (nSPS) is 11.3. The first-order valence-corrected chi connectivity index (χ1v) is 14.6. The molecule has 2 aromatic carbocycles. The molecule has 2 heterocycles. The molecule has 0 fully saturated rings. The Morgan fingerprint density at radius 2 is 1.64 bits per heavy atom. The van der Waals surface area contributed by atoms with Gasteiger partial charge in [-0.3, -0.25) is 0 Å². The van der Waals surface area contributed by atoms with Crippen LogP contribution < -0.4 is 14.8 Å². The van der Waals surface area contributed by atoms with E-state index in [4.69, 9.17) is 8.83 Å². The van der Waals surface area contributed by atoms with Crippen LogP contribution in [0.5, 0.6) is 0 Å². The summed E-state index contributed by atoms with van der Waals surface area (Å²) in [6.07, 6.45) is 1.83. The van der Waals surface area contributed by atoms with E-state index in [-0.39, 0.29) is 0 Å². The minimum Gasteiger partial charge on any atom is -0.456 e. The Morgan fingerprint density at radius 1 is 0.872 bits per heavy atom. The van der Waals surface area contributed by atoms with Gasteiger partial charge in [-0.1, -0.05) is 36.0 Å². The summed E-state index contributed by atoms with van der Waals surface area (Å²) in [6.45, 7) is 16.2. The molecular formula is C32H35N4O2S+. The van der Waals surface area contributed by atoms with Gasteiger partial charge in [0, 0.05) is 58.7 Å². The lowest BCUT2D eigenvalue weighted by Crippen LogP contribution is -2.29. The summed E-state index contributed by atoms with van der Waals surface area (Å²) in [5.41, 5.74) is 6.06. The van der Waals surface area contributed by atoms with Crippen LogP contribution in [0.2, 0.25) is 0 Å². The van der Waals surface area contributed by atoms with Gasteiger partial charge >= 0.3 is 0 Å². The first-order chi connectivity index (χ1) is 19.1. The number of thioether (sulfide) groups is 1. The van der Waals surface area contributed by atoms with Crippen LogP contribution in [0.1, 0.15) is 27.7 Å². The van der Waals surface area contributed by atoms with Gasteiger partial charge in [0.15, 0.2) is 0 Å². The maximum atomic E-state index is 6.64. The van der Waals surface area contributed by atoms with E-state index in [2.05, 4.69) is 102 Å². The van der Waals surface area contributed by atoms with E-state index in [1.54, 1.807) is 0 Å². The van der Waals surface area contributed by atoms with Crippen molar-refractivity contribution in [3.05, 3.63) is 78.7 Å². The van der Waals surface area contributed by atoms with Crippen molar-refractivity contribution in [2.45, 2.75) is 32.9 Å². The van der Waals surface area contributed by atoms with E-state index < -0.39 is 0 Å². The maximum Gasteiger partial charge on any atom is 0.277 e. The Hall–Kier alpha value is -3.84. The van der Waals surface area contributed by atoms with Crippen molar-refractivity contribution in [1.82, 2.24) is 14.8 Å². The average molecular weight is 540 g/mol. The number of hydrogen-bond donors (Lipinski definition) is 0. The molecule has 1 aliphatic heterocycles. The minimum absolute atomic E-state index is 0.499. The summed E-state index contributed by atoms with van der Waals surface area (Å²) in [5, 5.41) is 11.4. The van der Waals surface area contributed by atoms with E-state index in [0.29, 0.717) is 16.9 Å². The molecule has 0 radical (unpaired) electrons. The van der Waals surface area contributed by atoms with Crippen molar-refractivity contribution >= 4 is 28.4 Å². The quantitative estimate of drug-likeness (QED) is 0.0810. The first-order valence-electron chi connectivity index (χ1n) is 13.6. The summed E-state index contributed by atoms with van der Waals surface area (Å²) in [4.78, 5) is 2.33. The summed E-state index contributed by atoms with van der Waals surface area (Å²) < 4.78 is 15.1. The highest BCUT2D eigenvalue weighted by Gasteiger charge is 2.23. The number of aromatic nitrogens is 2. The Labute approximate surface area is 234 Å². The van der Waals surface area contributed by atoms with Gasteiger partial charge in [0.25, 0.3) is 5.22 Å². The van der Waals surface area contributed by atoms with Crippen LogP contribution in [0, 0.1) is 0 Å². The van der Waals surface area contributed by atoms with Crippen LogP contribution >= 0.6 is 11.8 Å². The predicted octanol–water partition coefficient (Wildman–Crippen LogP) is 7.19. The van der Waals surface area contributed by atoms with Crippen molar-refractivity contribution in [3.8, 4) is 33.9 Å². The lowest BCUT2D eigenvalue weighted by atomic mass is 9.90. The number of benzene rings is 3. The number of nitrogens with zero attached hydrogens (tertiary/aromatic N) is 4. The van der Waals surface area contributed by atoms with E-state index in [9.17, 15) is 0 Å². The van der Waals surface area contributed by atoms with Crippen LogP contribution in [-0.2, 0) is 0 Å². The van der Waals surface area contributed by atoms with Crippen molar-refractivity contribution in [1.29, 1.82) is 0 Å². The molecule has 7 heteroatoms. The van der Waals surface area contributed by atoms with Crippen molar-refractivity contribution in [3.63, 3.8) is 0 Å². The van der Waals surface area contributed by atoms with Crippen molar-refractivity contribution in [2.24, 2.45) is 0 Å². The molecule has 0 N–H and O–H groups in total. The largest absolute Gasteiger partial charge is 0.456 e. The molecule has 5 rings (SSSR count). The monoisotopic (exact) mass is 539 g/mol. The fourth-order valence-corrected chi connectivity index (χ4v) is 5.62. The smallest absolute Gasteiger partial charge is 0.277 e. The summed E-state index contributed by atoms with van der Waals surface area (Å²) in [5.74, 6) is 2.06. The van der Waals surface area contributed by atoms with Crippen LogP contribution in [0.4, 0.5) is 5.69 Å². The molecular weight excluding hydrogens is 504 g/mol. The van der Waals surface area contributed by atoms with Crippen molar-refractivity contribution < 1.29 is 8.83 Å². The minimum atomic E-state index is 0.499. The SMILES string of the molecule is C=CCSc1nnc(-c2ccccc2-c2c3ccc(=[N+](CC)CC)cc-3oc3cc(N(CC)CC)ccc23)o1. The molecule has 0 atom stereocenters. The van der Waals surface area contributed by atoms with Crippen LogP contribution in [0.25, 0.3) is 44.9 Å². The Bertz CT molecular complexity index is 1640. The van der Waals surface area contributed by atoms with Gasteiger partial charge in [-0.05, 0) is 57.5 Å². The molecule has 200 valence electrons. The second kappa shape index (κ2) is 11.9. The van der Waals surface area contributed by atoms with Crippen molar-refractivity contribution in [2.75, 3.05) is 36.8 Å². The molecule has 39 heavy (non-hydrogen) atoms. The zero-order valence-electron chi connectivity index (χ0n) is 23.1. The number of rotatable bonds is 10. The maximum absolute atomic E-state index is 6.64. The third kappa shape index (κ3) is 5.23. The standard InChI is InChI=1S/C32H35N4O2S/c1-6-19-39-32-34-33-31(38-32)25-14-12-11-13-24(25)30-26-17-15-22(35(7-2)8-3)20-28(26)37-29-21-23(16-18-27(29)30)36(9-4)10-5/h6,11-18,20-21H,1,7-10,19H2,2-5H3/q+1. The first kappa shape index (κ1) is 26.8. The predicted molar refractivity (Wildman–Crippen MR) is 162 cm³/mol. The number of anilines is 1. The molecule has 6 nitrogen and oxygen atoms in total. The van der Waals surface area contributed by atoms with Gasteiger partial charge in [-0.2, -0.15) is 0 Å². The van der Waals surface area contributed by atoms with Crippen LogP contribution in [-0.4, -0.2) is 42.1 Å². The van der Waals surface area contributed by atoms with Crippen LogP contribution in [0.15, 0.2) is 87.4 Å². The van der Waals surface area contributed by atoms with E-state index in [0.717, 1.165) is 76.2 Å². The zero-order chi connectivity index (χ0) is 27.4. The summed E-state index contributed by atoms with van der Waals surface area (Å²) in [7, 11) is 0. The van der Waals surface area contributed by atoms with E-state index in [1.165, 1.54) is 11.8 Å². The topological polar surface area (TPSA) is 58.3 Å². The average Bonchev–Trinajstić information content (AvgIpc) is 3.45. The molecule has 0 saturated heterocycles. The zero-order valence-corrected chi connectivity index (χ0v) is 23.9. The Kier molecular flexibility index (Phi) is 8.17. The molecule has 0 bridgehead atoms. The molecule has 1 aromatic heterocycles. The second-order valence-electron chi connectivity index (χ2n) is 9.20. The Morgan fingerprint density at radius 3 is 2.36 bits per heavy atom. The molecule has 0 amide bonds. The summed E-state index contributed by atoms with van der Waals surface area (Å²) >= 11 is 1.48. The van der Waals surface area contributed by atoms with Gasteiger partial charge in [0.2, 0.25) is 11.2 Å². The molecule has 3 aromatic rings. The second-order valence-corrected chi connectivity index (χ2v) is 10.2. The number of hydrogen-bond acceptors (Lipinski definition) is 6. The summed E-state index contributed by atoms with van der Waals surface area (Å²) in [6, 6.07) is 21.3. The molecule has 0 saturated carbocycles.